The molecule has 0 spiro atoms. The minimum Gasteiger partial charge on any atom is -0.301 e. The van der Waals surface area contributed by atoms with Crippen LogP contribution in [0.3, 0.4) is 0 Å². The number of hydrogen-bond donors (Lipinski definition) is 1. The van der Waals surface area contributed by atoms with Gasteiger partial charge in [-0.3, -0.25) is 4.79 Å². The van der Waals surface area contributed by atoms with Gasteiger partial charge in [-0.25, -0.2) is 4.98 Å². The van der Waals surface area contributed by atoms with Crippen LogP contribution in [0.15, 0.2) is 66.2 Å². The first kappa shape index (κ1) is 17.7. The Hall–Kier alpha value is -2.72. The molecular weight excluding hydrogens is 352 g/mol. The van der Waals surface area contributed by atoms with E-state index in [1.807, 2.05) is 36.6 Å². The second-order valence-corrected chi connectivity index (χ2v) is 8.08. The molecule has 3 aromatic rings. The fraction of sp³-hybridized carbons (Fsp3) is 0.217. The van der Waals surface area contributed by atoms with E-state index < -0.39 is 5.41 Å². The second kappa shape index (κ2) is 7.12. The van der Waals surface area contributed by atoms with Crippen molar-refractivity contribution < 1.29 is 4.79 Å². The molecular formula is C23H22N2OS. The van der Waals surface area contributed by atoms with Crippen molar-refractivity contribution in [2.24, 2.45) is 5.41 Å². The molecule has 0 aliphatic heterocycles. The van der Waals surface area contributed by atoms with E-state index in [4.69, 9.17) is 0 Å². The lowest BCUT2D eigenvalue weighted by atomic mass is 9.73. The van der Waals surface area contributed by atoms with E-state index in [1.165, 1.54) is 33.6 Å². The summed E-state index contributed by atoms with van der Waals surface area (Å²) >= 11 is 1.45. The van der Waals surface area contributed by atoms with Gasteiger partial charge in [0, 0.05) is 17.5 Å². The summed E-state index contributed by atoms with van der Waals surface area (Å²) in [7, 11) is 0. The van der Waals surface area contributed by atoms with Crippen molar-refractivity contribution in [1.29, 1.82) is 0 Å². The summed E-state index contributed by atoms with van der Waals surface area (Å²) in [5.41, 5.74) is 4.26. The van der Waals surface area contributed by atoms with Crippen molar-refractivity contribution in [1.82, 2.24) is 4.98 Å². The molecule has 4 heteroatoms. The second-order valence-electron chi connectivity index (χ2n) is 7.19. The lowest BCUT2D eigenvalue weighted by Crippen LogP contribution is -2.37. The monoisotopic (exact) mass is 374 g/mol. The standard InChI is InChI=1S/C23H22N2OS/c1-3-7-16-10-11-18-15-23(2,21(26)25-22-24-12-13-27-22)20(19(18)14-16)17-8-5-4-6-9-17/h3-14,20H,15H2,1-2H3,(H,24,25,26)/t20-,23+/m0/s1. The van der Waals surface area contributed by atoms with Crippen LogP contribution in [0.4, 0.5) is 5.13 Å². The Morgan fingerprint density at radius 1 is 1.26 bits per heavy atom. The van der Waals surface area contributed by atoms with Gasteiger partial charge in [0.25, 0.3) is 0 Å². The normalized spacial score (nSPS) is 21.3. The first-order chi connectivity index (χ1) is 13.1. The molecule has 1 N–H and O–H groups in total. The van der Waals surface area contributed by atoms with Gasteiger partial charge in [-0.1, -0.05) is 60.7 Å². The molecule has 0 radical (unpaired) electrons. The number of fused-ring (bicyclic) bond motifs is 1. The number of nitrogens with one attached hydrogen (secondary N) is 1. The maximum atomic E-state index is 13.3. The first-order valence-electron chi connectivity index (χ1n) is 9.13. The van der Waals surface area contributed by atoms with Crippen LogP contribution in [0.1, 0.15) is 42.0 Å². The number of benzene rings is 2. The Morgan fingerprint density at radius 2 is 2.07 bits per heavy atom. The van der Waals surface area contributed by atoms with E-state index in [-0.39, 0.29) is 11.8 Å². The quantitative estimate of drug-likeness (QED) is 0.654. The Kier molecular flexibility index (Phi) is 4.66. The van der Waals surface area contributed by atoms with Gasteiger partial charge in [0.1, 0.15) is 0 Å². The highest BCUT2D eigenvalue weighted by atomic mass is 32.1. The summed E-state index contributed by atoms with van der Waals surface area (Å²) in [5, 5.41) is 5.56. The predicted molar refractivity (Wildman–Crippen MR) is 112 cm³/mol. The highest BCUT2D eigenvalue weighted by Crippen LogP contribution is 2.51. The molecule has 1 amide bonds. The molecule has 2 atom stereocenters. The minimum absolute atomic E-state index is 0.0128. The van der Waals surface area contributed by atoms with Gasteiger partial charge in [0.15, 0.2) is 5.13 Å². The number of aromatic nitrogens is 1. The summed E-state index contributed by atoms with van der Waals surface area (Å²) in [5.74, 6) is 0.0361. The highest BCUT2D eigenvalue weighted by Gasteiger charge is 2.48. The number of anilines is 1. The zero-order chi connectivity index (χ0) is 18.9. The minimum atomic E-state index is -0.566. The lowest BCUT2D eigenvalue weighted by Gasteiger charge is -2.31. The SMILES string of the molecule is CC=Cc1ccc2c(c1)[C@H](c1ccccc1)[C@](C)(C(=O)Nc1nccs1)C2. The Balaban J connectivity index is 1.80. The summed E-state index contributed by atoms with van der Waals surface area (Å²) < 4.78 is 0. The van der Waals surface area contributed by atoms with E-state index in [1.54, 1.807) is 6.20 Å². The molecule has 1 heterocycles. The van der Waals surface area contributed by atoms with Gasteiger partial charge >= 0.3 is 0 Å². The number of carbonyl (C=O) groups is 1. The van der Waals surface area contributed by atoms with E-state index >= 15 is 0 Å². The first-order valence-corrected chi connectivity index (χ1v) is 10.0. The molecule has 0 unspecified atom stereocenters. The predicted octanol–water partition coefficient (Wildman–Crippen LogP) is 5.51. The number of rotatable bonds is 4. The topological polar surface area (TPSA) is 42.0 Å². The average molecular weight is 375 g/mol. The Morgan fingerprint density at radius 3 is 2.78 bits per heavy atom. The van der Waals surface area contributed by atoms with Crippen LogP contribution in [0, 0.1) is 5.41 Å². The van der Waals surface area contributed by atoms with Gasteiger partial charge in [0.2, 0.25) is 5.91 Å². The average Bonchev–Trinajstić information content (AvgIpc) is 3.28. The number of allylic oxidation sites excluding steroid dienone is 1. The zero-order valence-corrected chi connectivity index (χ0v) is 16.3. The van der Waals surface area contributed by atoms with Crippen molar-refractivity contribution in [2.45, 2.75) is 26.2 Å². The Labute approximate surface area is 163 Å². The molecule has 1 aliphatic carbocycles. The molecule has 27 heavy (non-hydrogen) atoms. The van der Waals surface area contributed by atoms with Crippen molar-refractivity contribution >= 4 is 28.5 Å². The van der Waals surface area contributed by atoms with Crippen molar-refractivity contribution in [3.63, 3.8) is 0 Å². The molecule has 0 saturated carbocycles. The van der Waals surface area contributed by atoms with Crippen LogP contribution in [0.25, 0.3) is 6.08 Å². The number of thiazole rings is 1. The number of carbonyl (C=O) groups excluding carboxylic acids is 1. The molecule has 4 rings (SSSR count). The fourth-order valence-corrected chi connectivity index (χ4v) is 4.63. The van der Waals surface area contributed by atoms with Crippen LogP contribution in [-0.2, 0) is 11.2 Å². The molecule has 1 aromatic heterocycles. The van der Waals surface area contributed by atoms with Crippen LogP contribution < -0.4 is 5.32 Å². The smallest absolute Gasteiger partial charge is 0.233 e. The molecule has 1 aliphatic rings. The molecule has 3 nitrogen and oxygen atoms in total. The summed E-state index contributed by atoms with van der Waals surface area (Å²) in [6.45, 7) is 4.09. The largest absolute Gasteiger partial charge is 0.301 e. The van der Waals surface area contributed by atoms with Crippen molar-refractivity contribution in [3.8, 4) is 0 Å². The summed E-state index contributed by atoms with van der Waals surface area (Å²) in [6, 6.07) is 16.9. The van der Waals surface area contributed by atoms with Crippen LogP contribution in [0.5, 0.6) is 0 Å². The maximum Gasteiger partial charge on any atom is 0.233 e. The van der Waals surface area contributed by atoms with Gasteiger partial charge in [0.05, 0.1) is 5.41 Å². The summed E-state index contributed by atoms with van der Waals surface area (Å²) in [6.07, 6.45) is 6.58. The number of hydrogen-bond acceptors (Lipinski definition) is 3. The van der Waals surface area contributed by atoms with E-state index in [0.29, 0.717) is 5.13 Å². The van der Waals surface area contributed by atoms with Gasteiger partial charge < -0.3 is 5.32 Å². The molecule has 136 valence electrons. The fourth-order valence-electron chi connectivity index (χ4n) is 4.11. The number of nitrogens with zero attached hydrogens (tertiary/aromatic N) is 1. The van der Waals surface area contributed by atoms with Crippen molar-refractivity contribution in [2.75, 3.05) is 5.32 Å². The molecule has 0 saturated heterocycles. The summed E-state index contributed by atoms with van der Waals surface area (Å²) in [4.78, 5) is 17.6. The van der Waals surface area contributed by atoms with E-state index in [2.05, 4.69) is 53.6 Å². The Bertz CT molecular complexity index is 979. The third-order valence-corrected chi connectivity index (χ3v) is 6.03. The molecule has 2 aromatic carbocycles. The van der Waals surface area contributed by atoms with Crippen LogP contribution in [-0.4, -0.2) is 10.9 Å². The maximum absolute atomic E-state index is 13.3. The lowest BCUT2D eigenvalue weighted by molar-refractivity contribution is -0.125. The van der Waals surface area contributed by atoms with Gasteiger partial charge in [-0.05, 0) is 42.5 Å². The highest BCUT2D eigenvalue weighted by molar-refractivity contribution is 7.13. The number of amides is 1. The molecule has 0 fully saturated rings. The van der Waals surface area contributed by atoms with E-state index in [0.717, 1.165) is 6.42 Å². The van der Waals surface area contributed by atoms with E-state index in [9.17, 15) is 4.79 Å². The molecule has 0 bridgehead atoms. The van der Waals surface area contributed by atoms with Crippen LogP contribution in [0.2, 0.25) is 0 Å². The van der Waals surface area contributed by atoms with Crippen LogP contribution >= 0.6 is 11.3 Å². The zero-order valence-electron chi connectivity index (χ0n) is 15.5. The van der Waals surface area contributed by atoms with Crippen molar-refractivity contribution in [3.05, 3.63) is 88.4 Å². The third-order valence-electron chi connectivity index (χ3n) is 5.34. The third kappa shape index (κ3) is 3.21. The van der Waals surface area contributed by atoms with Gasteiger partial charge in [-0.15, -0.1) is 11.3 Å². The van der Waals surface area contributed by atoms with Gasteiger partial charge in [-0.2, -0.15) is 0 Å².